The smallest absolute Gasteiger partial charge is 0.121 e. The van der Waals surface area contributed by atoms with Crippen molar-refractivity contribution in [1.29, 1.82) is 0 Å². The van der Waals surface area contributed by atoms with E-state index in [1.807, 2.05) is 56.5 Å². The van der Waals surface area contributed by atoms with E-state index in [4.69, 9.17) is 0 Å². The lowest BCUT2D eigenvalue weighted by molar-refractivity contribution is 0.180. The van der Waals surface area contributed by atoms with Crippen molar-refractivity contribution in [1.82, 2.24) is 0 Å². The minimum atomic E-state index is -0.633. The Morgan fingerprint density at radius 1 is 1.20 bits per heavy atom. The molecule has 25 heavy (non-hydrogen) atoms. The molecule has 1 heterocycles. The summed E-state index contributed by atoms with van der Waals surface area (Å²) in [6.45, 7) is 5.70. The lowest BCUT2D eigenvalue weighted by atomic mass is 10.00. The van der Waals surface area contributed by atoms with E-state index < -0.39 is 12.2 Å². The van der Waals surface area contributed by atoms with Gasteiger partial charge in [-0.25, -0.2) is 0 Å². The molecule has 4 heteroatoms. The number of aromatic hydroxyl groups is 1. The molecule has 0 saturated carbocycles. The molecule has 2 aromatic rings. The summed E-state index contributed by atoms with van der Waals surface area (Å²) in [5.41, 5.74) is 6.59. The van der Waals surface area contributed by atoms with Crippen molar-refractivity contribution in [2.75, 3.05) is 0 Å². The summed E-state index contributed by atoms with van der Waals surface area (Å²) < 4.78 is 0. The number of aliphatic hydroxyl groups is 2. The summed E-state index contributed by atoms with van der Waals surface area (Å²) >= 11 is 1.55. The number of thiophene rings is 1. The third kappa shape index (κ3) is 5.32. The molecule has 0 fully saturated rings. The number of phenolic OH excluding ortho intramolecular Hbond substituents is 1. The summed E-state index contributed by atoms with van der Waals surface area (Å²) in [7, 11) is 0. The largest absolute Gasteiger partial charge is 0.507 e. The minimum absolute atomic E-state index is 0.280. The van der Waals surface area contributed by atoms with Crippen molar-refractivity contribution in [3.05, 3.63) is 68.6 Å². The summed E-state index contributed by atoms with van der Waals surface area (Å²) in [6, 6.07) is 7.50. The first-order valence-corrected chi connectivity index (χ1v) is 9.42. The van der Waals surface area contributed by atoms with E-state index in [0.29, 0.717) is 12.8 Å². The molecular formula is C21H26O3S. The molecule has 2 atom stereocenters. The highest BCUT2D eigenvalue weighted by molar-refractivity contribution is 7.10. The molecule has 0 radical (unpaired) electrons. The van der Waals surface area contributed by atoms with Crippen LogP contribution in [0.4, 0.5) is 0 Å². The molecule has 0 unspecified atom stereocenters. The monoisotopic (exact) mass is 358 g/mol. The van der Waals surface area contributed by atoms with Crippen molar-refractivity contribution >= 4 is 11.3 Å². The average Bonchev–Trinajstić information content (AvgIpc) is 3.12. The zero-order chi connectivity index (χ0) is 18.4. The average molecular weight is 359 g/mol. The molecule has 0 amide bonds. The normalized spacial score (nSPS) is 13.2. The van der Waals surface area contributed by atoms with Gasteiger partial charge in [0, 0.05) is 17.7 Å². The van der Waals surface area contributed by atoms with E-state index in [0.717, 1.165) is 33.6 Å². The number of rotatable bonds is 7. The van der Waals surface area contributed by atoms with Gasteiger partial charge in [0.05, 0.1) is 12.2 Å². The third-order valence-electron chi connectivity index (χ3n) is 4.28. The Kier molecular flexibility index (Phi) is 7.03. The van der Waals surface area contributed by atoms with Crippen LogP contribution in [0, 0.1) is 13.8 Å². The number of aryl methyl sites for hydroxylation is 2. The van der Waals surface area contributed by atoms with Gasteiger partial charge in [0.15, 0.2) is 0 Å². The van der Waals surface area contributed by atoms with Crippen LogP contribution in [0.5, 0.6) is 5.75 Å². The highest BCUT2D eigenvalue weighted by Crippen LogP contribution is 2.28. The van der Waals surface area contributed by atoms with Gasteiger partial charge in [-0.2, -0.15) is 0 Å². The van der Waals surface area contributed by atoms with Gasteiger partial charge in [-0.15, -0.1) is 17.1 Å². The van der Waals surface area contributed by atoms with Crippen LogP contribution in [0.1, 0.15) is 60.0 Å². The molecule has 1 aromatic heterocycles. The second-order valence-corrected chi connectivity index (χ2v) is 7.27. The molecule has 3 N–H and O–H groups in total. The first-order valence-electron chi connectivity index (χ1n) is 8.54. The lowest BCUT2D eigenvalue weighted by Crippen LogP contribution is -1.98. The van der Waals surface area contributed by atoms with Crippen molar-refractivity contribution in [3.63, 3.8) is 0 Å². The van der Waals surface area contributed by atoms with Gasteiger partial charge in [0.25, 0.3) is 0 Å². The molecule has 0 saturated heterocycles. The second-order valence-electron chi connectivity index (χ2n) is 6.30. The molecule has 134 valence electrons. The topological polar surface area (TPSA) is 60.7 Å². The van der Waals surface area contributed by atoms with Crippen LogP contribution in [-0.4, -0.2) is 15.3 Å². The molecule has 2 rings (SSSR count). The third-order valence-corrected chi connectivity index (χ3v) is 5.26. The van der Waals surface area contributed by atoms with Crippen molar-refractivity contribution in [2.45, 2.75) is 52.2 Å². The van der Waals surface area contributed by atoms with E-state index in [9.17, 15) is 15.3 Å². The van der Waals surface area contributed by atoms with E-state index in [1.165, 1.54) is 0 Å². The lowest BCUT2D eigenvalue weighted by Gasteiger charge is -2.12. The molecular weight excluding hydrogens is 332 g/mol. The highest BCUT2D eigenvalue weighted by Gasteiger charge is 2.11. The molecule has 0 aliphatic carbocycles. The van der Waals surface area contributed by atoms with Crippen molar-refractivity contribution in [3.8, 4) is 5.75 Å². The molecule has 1 aromatic carbocycles. The number of hydrogen-bond donors (Lipinski definition) is 3. The summed E-state index contributed by atoms with van der Waals surface area (Å²) in [5, 5.41) is 32.4. The SMILES string of the molecule is CCC(=C=CC[C@@H](O)c1cc(C)c(O)c(C)c1)C[C@@H](O)c1cccs1. The fourth-order valence-electron chi connectivity index (χ4n) is 2.75. The predicted octanol–water partition coefficient (Wildman–Crippen LogP) is 5.11. The molecule has 0 aliphatic heterocycles. The molecule has 0 aliphatic rings. The van der Waals surface area contributed by atoms with Crippen LogP contribution in [0.2, 0.25) is 0 Å². The van der Waals surface area contributed by atoms with Crippen LogP contribution in [0.15, 0.2) is 47.0 Å². The van der Waals surface area contributed by atoms with E-state index in [-0.39, 0.29) is 5.75 Å². The van der Waals surface area contributed by atoms with Crippen molar-refractivity contribution in [2.24, 2.45) is 0 Å². The summed E-state index contributed by atoms with van der Waals surface area (Å²) in [6.07, 6.45) is 2.52. The number of benzene rings is 1. The van der Waals surface area contributed by atoms with Gasteiger partial charge in [-0.3, -0.25) is 0 Å². The quantitative estimate of drug-likeness (QED) is 0.603. The molecule has 0 spiro atoms. The highest BCUT2D eigenvalue weighted by atomic mass is 32.1. The summed E-state index contributed by atoms with van der Waals surface area (Å²) in [5.74, 6) is 0.280. The fraction of sp³-hybridized carbons (Fsp3) is 0.381. The zero-order valence-electron chi connectivity index (χ0n) is 15.0. The molecule has 0 bridgehead atoms. The van der Waals surface area contributed by atoms with Gasteiger partial charge >= 0.3 is 0 Å². The Labute approximate surface area is 153 Å². The van der Waals surface area contributed by atoms with E-state index in [1.54, 1.807) is 11.3 Å². The maximum Gasteiger partial charge on any atom is 0.121 e. The fourth-order valence-corrected chi connectivity index (χ4v) is 3.46. The number of aliphatic hydroxyl groups excluding tert-OH is 2. The van der Waals surface area contributed by atoms with E-state index in [2.05, 4.69) is 5.73 Å². The maximum absolute atomic E-state index is 10.4. The summed E-state index contributed by atoms with van der Waals surface area (Å²) in [4.78, 5) is 0.961. The van der Waals surface area contributed by atoms with Crippen LogP contribution >= 0.6 is 11.3 Å². The molecule has 3 nitrogen and oxygen atoms in total. The first-order chi connectivity index (χ1) is 11.9. The van der Waals surface area contributed by atoms with Crippen molar-refractivity contribution < 1.29 is 15.3 Å². The zero-order valence-corrected chi connectivity index (χ0v) is 15.8. The number of phenols is 1. The van der Waals surface area contributed by atoms with Gasteiger partial charge in [0.1, 0.15) is 5.75 Å². The Hall–Kier alpha value is -1.84. The standard InChI is InChI=1S/C21H26O3S/c1-4-16(13-19(23)20-9-6-10-25-20)7-5-8-18(22)17-11-14(2)21(24)15(3)12-17/h5-6,9-12,18-19,22-24H,4,8,13H2,1-3H3/t7?,18-,19-/m1/s1. The van der Waals surface area contributed by atoms with Gasteiger partial charge in [-0.1, -0.05) is 13.0 Å². The second kappa shape index (κ2) is 9.02. The maximum atomic E-state index is 10.4. The van der Waals surface area contributed by atoms with Crippen LogP contribution in [0.25, 0.3) is 0 Å². The number of hydrogen-bond acceptors (Lipinski definition) is 4. The Bertz CT molecular complexity index is 732. The van der Waals surface area contributed by atoms with Gasteiger partial charge in [-0.05, 0) is 72.2 Å². The predicted molar refractivity (Wildman–Crippen MR) is 103 cm³/mol. The van der Waals surface area contributed by atoms with Crippen LogP contribution in [0.3, 0.4) is 0 Å². The van der Waals surface area contributed by atoms with Gasteiger partial charge < -0.3 is 15.3 Å². The Balaban J connectivity index is 2.04. The van der Waals surface area contributed by atoms with Crippen LogP contribution in [-0.2, 0) is 0 Å². The first kappa shape index (κ1) is 19.5. The minimum Gasteiger partial charge on any atom is -0.507 e. The van der Waals surface area contributed by atoms with Gasteiger partial charge in [0.2, 0.25) is 0 Å². The van der Waals surface area contributed by atoms with Crippen LogP contribution < -0.4 is 0 Å². The Morgan fingerprint density at radius 2 is 1.88 bits per heavy atom. The Morgan fingerprint density at radius 3 is 2.44 bits per heavy atom. The van der Waals surface area contributed by atoms with E-state index >= 15 is 0 Å².